The molecule has 1 aromatic carbocycles. The average Bonchev–Trinajstić information content (AvgIpc) is 2.29. The lowest BCUT2D eigenvalue weighted by molar-refractivity contribution is -0.119. The third kappa shape index (κ3) is 3.65. The molecule has 0 radical (unpaired) electrons. The van der Waals surface area contributed by atoms with Crippen molar-refractivity contribution in [1.82, 2.24) is 0 Å². The van der Waals surface area contributed by atoms with Gasteiger partial charge in [0.2, 0.25) is 5.91 Å². The maximum atomic E-state index is 11.7. The maximum Gasteiger partial charge on any atom is 0.228 e. The Bertz CT molecular complexity index is 454. The highest BCUT2D eigenvalue weighted by molar-refractivity contribution is 6.31. The normalized spacial score (nSPS) is 11.4. The topological polar surface area (TPSA) is 62.1 Å². The van der Waals surface area contributed by atoms with E-state index in [-0.39, 0.29) is 18.2 Å². The van der Waals surface area contributed by atoms with E-state index < -0.39 is 0 Å². The molecule has 17 heavy (non-hydrogen) atoms. The predicted octanol–water partition coefficient (Wildman–Crippen LogP) is 2.84. The number of rotatable bonds is 4. The van der Waals surface area contributed by atoms with Gasteiger partial charge < -0.3 is 10.1 Å². The van der Waals surface area contributed by atoms with E-state index in [2.05, 4.69) is 5.32 Å². The standard InChI is InChI=1S/C12H13ClN2O2/c1-8(5-6-14)12(16)15-10-7-9(13)3-4-11(10)17-2/h3-4,7-8H,5H2,1-2H3,(H,15,16). The molecule has 0 spiro atoms. The highest BCUT2D eigenvalue weighted by Crippen LogP contribution is 2.28. The van der Waals surface area contributed by atoms with Gasteiger partial charge in [0.1, 0.15) is 5.75 Å². The molecule has 0 aliphatic heterocycles. The first-order chi connectivity index (χ1) is 8.08. The largest absolute Gasteiger partial charge is 0.495 e. The summed E-state index contributed by atoms with van der Waals surface area (Å²) < 4.78 is 5.10. The van der Waals surface area contributed by atoms with Crippen molar-refractivity contribution in [2.24, 2.45) is 5.92 Å². The SMILES string of the molecule is COc1ccc(Cl)cc1NC(=O)C(C)CC#N. The van der Waals surface area contributed by atoms with E-state index in [0.29, 0.717) is 16.5 Å². The molecule has 1 atom stereocenters. The summed E-state index contributed by atoms with van der Waals surface area (Å²) >= 11 is 5.84. The highest BCUT2D eigenvalue weighted by atomic mass is 35.5. The molecule has 5 heteroatoms. The maximum absolute atomic E-state index is 11.7. The molecule has 1 unspecified atom stereocenters. The van der Waals surface area contributed by atoms with Crippen LogP contribution < -0.4 is 10.1 Å². The number of ether oxygens (including phenoxy) is 1. The van der Waals surface area contributed by atoms with Gasteiger partial charge in [-0.15, -0.1) is 0 Å². The molecule has 1 amide bonds. The summed E-state index contributed by atoms with van der Waals surface area (Å²) in [6.07, 6.45) is 0.175. The summed E-state index contributed by atoms with van der Waals surface area (Å²) in [6.45, 7) is 1.69. The number of carbonyl (C=O) groups excluding carboxylic acids is 1. The number of nitrogens with zero attached hydrogens (tertiary/aromatic N) is 1. The zero-order valence-electron chi connectivity index (χ0n) is 9.66. The van der Waals surface area contributed by atoms with Crippen LogP contribution in [0.15, 0.2) is 18.2 Å². The smallest absolute Gasteiger partial charge is 0.228 e. The van der Waals surface area contributed by atoms with Crippen molar-refractivity contribution in [2.75, 3.05) is 12.4 Å². The summed E-state index contributed by atoms with van der Waals surface area (Å²) in [5, 5.41) is 11.7. The van der Waals surface area contributed by atoms with Crippen molar-refractivity contribution >= 4 is 23.2 Å². The minimum atomic E-state index is -0.372. The zero-order chi connectivity index (χ0) is 12.8. The molecule has 0 heterocycles. The second-order valence-electron chi connectivity index (χ2n) is 3.60. The third-order valence-electron chi connectivity index (χ3n) is 2.26. The molecular weight excluding hydrogens is 240 g/mol. The lowest BCUT2D eigenvalue weighted by Gasteiger charge is -2.12. The Hall–Kier alpha value is -1.73. The van der Waals surface area contributed by atoms with Crippen LogP contribution in [-0.2, 0) is 4.79 Å². The van der Waals surface area contributed by atoms with Gasteiger partial charge in [0.15, 0.2) is 0 Å². The van der Waals surface area contributed by atoms with Gasteiger partial charge in [-0.2, -0.15) is 5.26 Å². The van der Waals surface area contributed by atoms with Gasteiger partial charge in [0, 0.05) is 17.4 Å². The van der Waals surface area contributed by atoms with Gasteiger partial charge in [-0.25, -0.2) is 0 Å². The number of nitriles is 1. The monoisotopic (exact) mass is 252 g/mol. The Morgan fingerprint density at radius 2 is 2.35 bits per heavy atom. The van der Waals surface area contributed by atoms with Crippen molar-refractivity contribution < 1.29 is 9.53 Å². The fourth-order valence-electron chi connectivity index (χ4n) is 1.26. The van der Waals surface area contributed by atoms with Crippen LogP contribution in [0.4, 0.5) is 5.69 Å². The van der Waals surface area contributed by atoms with E-state index in [1.165, 1.54) is 7.11 Å². The number of halogens is 1. The Kier molecular flexibility index (Phi) is 4.80. The summed E-state index contributed by atoms with van der Waals surface area (Å²) in [6, 6.07) is 6.91. The minimum absolute atomic E-state index is 0.175. The third-order valence-corrected chi connectivity index (χ3v) is 2.50. The van der Waals surface area contributed by atoms with Crippen LogP contribution in [0.1, 0.15) is 13.3 Å². The molecule has 0 aliphatic rings. The molecule has 1 rings (SSSR count). The van der Waals surface area contributed by atoms with E-state index >= 15 is 0 Å². The van der Waals surface area contributed by atoms with Crippen molar-refractivity contribution in [2.45, 2.75) is 13.3 Å². The quantitative estimate of drug-likeness (QED) is 0.896. The van der Waals surface area contributed by atoms with Crippen molar-refractivity contribution in [3.05, 3.63) is 23.2 Å². The number of anilines is 1. The van der Waals surface area contributed by atoms with Crippen molar-refractivity contribution in [1.29, 1.82) is 5.26 Å². The lowest BCUT2D eigenvalue weighted by atomic mass is 10.1. The predicted molar refractivity (Wildman–Crippen MR) is 66.0 cm³/mol. The second-order valence-corrected chi connectivity index (χ2v) is 4.03. The van der Waals surface area contributed by atoms with Crippen LogP contribution in [0, 0.1) is 17.2 Å². The van der Waals surface area contributed by atoms with E-state index in [0.717, 1.165) is 0 Å². The molecule has 4 nitrogen and oxygen atoms in total. The van der Waals surface area contributed by atoms with Crippen molar-refractivity contribution in [3.8, 4) is 11.8 Å². The number of benzene rings is 1. The van der Waals surface area contributed by atoms with E-state index in [9.17, 15) is 4.79 Å². The van der Waals surface area contributed by atoms with E-state index in [1.54, 1.807) is 25.1 Å². The number of methoxy groups -OCH3 is 1. The first-order valence-electron chi connectivity index (χ1n) is 5.09. The molecule has 0 aliphatic carbocycles. The summed E-state index contributed by atoms with van der Waals surface area (Å²) in [7, 11) is 1.51. The average molecular weight is 253 g/mol. The summed E-state index contributed by atoms with van der Waals surface area (Å²) in [5.41, 5.74) is 0.509. The molecule has 0 bridgehead atoms. The fourth-order valence-corrected chi connectivity index (χ4v) is 1.44. The van der Waals surface area contributed by atoms with Crippen LogP contribution in [0.2, 0.25) is 5.02 Å². The van der Waals surface area contributed by atoms with E-state index in [1.807, 2.05) is 6.07 Å². The van der Waals surface area contributed by atoms with Crippen LogP contribution in [0.5, 0.6) is 5.75 Å². The lowest BCUT2D eigenvalue weighted by Crippen LogP contribution is -2.20. The van der Waals surface area contributed by atoms with Gasteiger partial charge in [0.05, 0.1) is 18.9 Å². The molecule has 0 fully saturated rings. The molecule has 0 saturated carbocycles. The Morgan fingerprint density at radius 1 is 1.65 bits per heavy atom. The van der Waals surface area contributed by atoms with E-state index in [4.69, 9.17) is 21.6 Å². The van der Waals surface area contributed by atoms with Gasteiger partial charge in [-0.3, -0.25) is 4.79 Å². The van der Waals surface area contributed by atoms with Crippen LogP contribution in [0.3, 0.4) is 0 Å². The Morgan fingerprint density at radius 3 is 2.94 bits per heavy atom. The summed E-state index contributed by atoms with van der Waals surface area (Å²) in [4.78, 5) is 11.7. The first kappa shape index (κ1) is 13.3. The Labute approximate surface area is 105 Å². The number of carbonyl (C=O) groups is 1. The number of amides is 1. The van der Waals surface area contributed by atoms with Crippen LogP contribution in [0.25, 0.3) is 0 Å². The van der Waals surface area contributed by atoms with Crippen LogP contribution in [-0.4, -0.2) is 13.0 Å². The van der Waals surface area contributed by atoms with Gasteiger partial charge in [-0.05, 0) is 18.2 Å². The second kappa shape index (κ2) is 6.12. The number of hydrogen-bond acceptors (Lipinski definition) is 3. The number of hydrogen-bond donors (Lipinski definition) is 1. The van der Waals surface area contributed by atoms with Crippen LogP contribution >= 0.6 is 11.6 Å². The van der Waals surface area contributed by atoms with Gasteiger partial charge >= 0.3 is 0 Å². The zero-order valence-corrected chi connectivity index (χ0v) is 10.4. The molecule has 90 valence electrons. The van der Waals surface area contributed by atoms with Gasteiger partial charge in [0.25, 0.3) is 0 Å². The molecule has 1 N–H and O–H groups in total. The minimum Gasteiger partial charge on any atom is -0.495 e. The van der Waals surface area contributed by atoms with Crippen molar-refractivity contribution in [3.63, 3.8) is 0 Å². The highest BCUT2D eigenvalue weighted by Gasteiger charge is 2.14. The molecular formula is C12H13ClN2O2. The molecule has 0 aromatic heterocycles. The molecule has 1 aromatic rings. The summed E-state index contributed by atoms with van der Waals surface area (Å²) in [5.74, 6) is -0.0669. The molecule has 0 saturated heterocycles. The van der Waals surface area contributed by atoms with Gasteiger partial charge in [-0.1, -0.05) is 18.5 Å². The fraction of sp³-hybridized carbons (Fsp3) is 0.333. The Balaban J connectivity index is 2.84. The number of nitrogens with one attached hydrogen (secondary N) is 1. The first-order valence-corrected chi connectivity index (χ1v) is 5.47.